The second-order valence-electron chi connectivity index (χ2n) is 1.19. The molecule has 0 fully saturated rings. The molecule has 1 aromatic heterocycles. The molecule has 0 amide bonds. The molecule has 0 aliphatic heterocycles. The van der Waals surface area contributed by atoms with Gasteiger partial charge in [0.25, 0.3) is 2.86 Å². The highest BCUT2D eigenvalue weighted by atomic mass is 16.3. The topological polar surface area (TPSA) is 66.2 Å². The lowest BCUT2D eigenvalue weighted by atomic mass is 10.6. The van der Waals surface area contributed by atoms with Crippen LogP contribution in [0.15, 0.2) is 12.4 Å². The van der Waals surface area contributed by atoms with Crippen molar-refractivity contribution >= 4 is 0 Å². The lowest BCUT2D eigenvalue weighted by Crippen LogP contribution is -1.75. The first kappa shape index (κ1) is 2.86. The highest BCUT2D eigenvalue weighted by molar-refractivity contribution is 5.14. The number of aromatic nitrogens is 2. The SMILES string of the molecule is [2H]Oc1cc(O[2H])ncn1. The Labute approximate surface area is 48.4 Å². The molecule has 8 heavy (non-hydrogen) atoms. The van der Waals surface area contributed by atoms with E-state index in [1.165, 1.54) is 6.07 Å². The Morgan fingerprint density at radius 3 is 2.50 bits per heavy atom. The van der Waals surface area contributed by atoms with Crippen molar-refractivity contribution in [3.05, 3.63) is 12.4 Å². The van der Waals surface area contributed by atoms with E-state index in [0.29, 0.717) is 0 Å². The molecule has 4 nitrogen and oxygen atoms in total. The number of aromatic hydroxyl groups is 2. The van der Waals surface area contributed by atoms with Crippen LogP contribution in [-0.4, -0.2) is 23.0 Å². The molecule has 0 aromatic carbocycles. The summed E-state index contributed by atoms with van der Waals surface area (Å²) in [5, 5.41) is 7.98. The number of rotatable bonds is 2. The van der Waals surface area contributed by atoms with Gasteiger partial charge in [-0.3, -0.25) is 0 Å². The molecule has 1 aromatic rings. The van der Waals surface area contributed by atoms with Crippen LogP contribution in [-0.2, 0) is 0 Å². The van der Waals surface area contributed by atoms with E-state index in [1.807, 2.05) is 0 Å². The van der Waals surface area contributed by atoms with Gasteiger partial charge in [-0.25, -0.2) is 9.97 Å². The molecule has 0 unspecified atom stereocenters. The van der Waals surface area contributed by atoms with E-state index in [0.717, 1.165) is 6.33 Å². The Hall–Kier alpha value is -1.32. The van der Waals surface area contributed by atoms with Crippen molar-refractivity contribution in [2.45, 2.75) is 0 Å². The summed E-state index contributed by atoms with van der Waals surface area (Å²) in [6.45, 7) is 0. The molecule has 0 saturated carbocycles. The Morgan fingerprint density at radius 1 is 1.38 bits per heavy atom. The van der Waals surface area contributed by atoms with E-state index in [2.05, 4.69) is 20.2 Å². The van der Waals surface area contributed by atoms with Crippen molar-refractivity contribution < 1.29 is 10.2 Å². The third-order valence-corrected chi connectivity index (χ3v) is 0.617. The molecule has 42 valence electrons. The van der Waals surface area contributed by atoms with Crippen LogP contribution < -0.4 is 0 Å². The van der Waals surface area contributed by atoms with E-state index >= 15 is 0 Å². The van der Waals surface area contributed by atoms with Gasteiger partial charge in [0, 0.05) is 0 Å². The summed E-state index contributed by atoms with van der Waals surface area (Å²) < 4.78 is 12.8. The zero-order valence-corrected chi connectivity index (χ0v) is 3.87. The third-order valence-electron chi connectivity index (χ3n) is 0.617. The highest BCUT2D eigenvalue weighted by Gasteiger charge is 1.88. The fraction of sp³-hybridized carbons (Fsp3) is 0. The van der Waals surface area contributed by atoms with E-state index in [1.54, 1.807) is 0 Å². The van der Waals surface area contributed by atoms with Crippen LogP contribution in [0.1, 0.15) is 0 Å². The minimum Gasteiger partial charge on any atom is -0.493 e. The minimum atomic E-state index is 0.0530. The van der Waals surface area contributed by atoms with Gasteiger partial charge < -0.3 is 10.2 Å². The van der Waals surface area contributed by atoms with Gasteiger partial charge in [-0.15, -0.1) is 0 Å². The van der Waals surface area contributed by atoms with Crippen molar-refractivity contribution in [2.24, 2.45) is 0 Å². The standard InChI is InChI=1S/C4H4N2O2/c7-3-1-4(8)6-2-5-3/h1-2H,(H2,5,6,7,8)/i/hD2. The van der Waals surface area contributed by atoms with Crippen molar-refractivity contribution in [1.82, 2.24) is 9.97 Å². The van der Waals surface area contributed by atoms with Crippen LogP contribution >= 0.6 is 0 Å². The maximum Gasteiger partial charge on any atom is 0.295 e. The second kappa shape index (κ2) is 1.65. The van der Waals surface area contributed by atoms with Crippen molar-refractivity contribution in [2.75, 3.05) is 0 Å². The molecule has 2 N–H and O–H groups in total. The lowest BCUT2D eigenvalue weighted by Gasteiger charge is -1.87. The fourth-order valence-corrected chi connectivity index (χ4v) is 0.323. The van der Waals surface area contributed by atoms with Crippen LogP contribution in [0.25, 0.3) is 0 Å². The minimum absolute atomic E-state index is 0.0530. The summed E-state index contributed by atoms with van der Waals surface area (Å²) >= 11 is 0. The van der Waals surface area contributed by atoms with Gasteiger partial charge >= 0.3 is 0 Å². The lowest BCUT2D eigenvalue weighted by molar-refractivity contribution is 0.421. The predicted molar refractivity (Wildman–Crippen MR) is 25.4 cm³/mol. The summed E-state index contributed by atoms with van der Waals surface area (Å²) in [5.74, 6) is 0.106. The third kappa shape index (κ3) is 0.841. The van der Waals surface area contributed by atoms with Gasteiger partial charge in [0.05, 0.1) is 6.07 Å². The highest BCUT2D eigenvalue weighted by Crippen LogP contribution is 2.07. The normalized spacial score (nSPS) is 11.5. The fourth-order valence-electron chi connectivity index (χ4n) is 0.323. The van der Waals surface area contributed by atoms with Gasteiger partial charge in [-0.1, -0.05) is 0 Å². The average Bonchev–Trinajstić information content (AvgIpc) is 2.05. The molecule has 1 rings (SSSR count). The quantitative estimate of drug-likeness (QED) is 0.562. The maximum atomic E-state index is 6.41. The van der Waals surface area contributed by atoms with Crippen molar-refractivity contribution in [3.63, 3.8) is 0 Å². The number of hydrogen-bond acceptors (Lipinski definition) is 4. The van der Waals surface area contributed by atoms with Crippen molar-refractivity contribution in [3.8, 4) is 11.8 Å². The van der Waals surface area contributed by atoms with E-state index in [9.17, 15) is 0 Å². The first-order valence-corrected chi connectivity index (χ1v) is 1.95. The van der Waals surface area contributed by atoms with Gasteiger partial charge in [0.1, 0.15) is 6.33 Å². The predicted octanol–water partition coefficient (Wildman–Crippen LogP) is -0.112. The molecule has 4 heteroatoms. The first-order chi connectivity index (χ1) is 4.86. The van der Waals surface area contributed by atoms with Crippen LogP contribution in [0.4, 0.5) is 0 Å². The number of nitrogens with zero attached hydrogens (tertiary/aromatic N) is 2. The average molecular weight is 114 g/mol. The molecule has 0 radical (unpaired) electrons. The smallest absolute Gasteiger partial charge is 0.295 e. The Kier molecular flexibility index (Phi) is 0.590. The van der Waals surface area contributed by atoms with Crippen LogP contribution in [0.3, 0.4) is 0 Å². The molecule has 0 aliphatic carbocycles. The van der Waals surface area contributed by atoms with Crippen LogP contribution in [0, 0.1) is 0 Å². The first-order valence-electron chi connectivity index (χ1n) is 2.77. The monoisotopic (exact) mass is 114 g/mol. The summed E-state index contributed by atoms with van der Waals surface area (Å²) in [6.07, 6.45) is 1.15. The molecule has 1 heterocycles. The van der Waals surface area contributed by atoms with Crippen molar-refractivity contribution in [1.29, 1.82) is 2.86 Å². The Balaban J connectivity index is 2.87. The summed E-state index contributed by atoms with van der Waals surface area (Å²) in [6, 6.07) is 1.24. The van der Waals surface area contributed by atoms with E-state index < -0.39 is 0 Å². The van der Waals surface area contributed by atoms with E-state index in [4.69, 9.17) is 2.86 Å². The largest absolute Gasteiger partial charge is 0.493 e. The molecule has 0 saturated heterocycles. The van der Waals surface area contributed by atoms with Gasteiger partial charge in [0.2, 0.25) is 11.8 Å². The zero-order chi connectivity index (χ0) is 7.40. The zero-order valence-electron chi connectivity index (χ0n) is 5.87. The summed E-state index contributed by atoms with van der Waals surface area (Å²) in [5.41, 5.74) is 0. The van der Waals surface area contributed by atoms with Gasteiger partial charge in [-0.05, 0) is 0 Å². The molecule has 0 atom stereocenters. The van der Waals surface area contributed by atoms with Gasteiger partial charge in [0.15, 0.2) is 0 Å². The second-order valence-corrected chi connectivity index (χ2v) is 1.19. The summed E-state index contributed by atoms with van der Waals surface area (Å²) in [4.78, 5) is 7.04. The number of hydrogen-bond donors (Lipinski definition) is 2. The Morgan fingerprint density at radius 2 is 2.00 bits per heavy atom. The van der Waals surface area contributed by atoms with Crippen LogP contribution in [0.5, 0.6) is 11.8 Å². The maximum absolute atomic E-state index is 6.41. The molecular formula is C4H4N2O2. The van der Waals surface area contributed by atoms with E-state index in [-0.39, 0.29) is 11.8 Å². The van der Waals surface area contributed by atoms with Crippen LogP contribution in [0.2, 0.25) is 0 Å². The molecule has 0 aliphatic rings. The van der Waals surface area contributed by atoms with Gasteiger partial charge in [-0.2, -0.15) is 0 Å². The molecular weight excluding hydrogens is 108 g/mol. The Bertz CT molecular complexity index is 201. The summed E-state index contributed by atoms with van der Waals surface area (Å²) in [7, 11) is 0. The molecule has 0 spiro atoms. The molecule has 0 bridgehead atoms.